The minimum Gasteiger partial charge on any atom is -0.297 e. The van der Waals surface area contributed by atoms with Gasteiger partial charge in [-0.1, -0.05) is 24.4 Å². The van der Waals surface area contributed by atoms with Gasteiger partial charge < -0.3 is 0 Å². The second-order valence-corrected chi connectivity index (χ2v) is 4.74. The SMILES string of the molecule is C#CC(CC)NC(C)c1csc(Cl)c1. The quantitative estimate of drug-likeness (QED) is 0.777. The van der Waals surface area contributed by atoms with Crippen LogP contribution in [0.2, 0.25) is 4.34 Å². The Hall–Kier alpha value is -0.490. The summed E-state index contributed by atoms with van der Waals surface area (Å²) in [5.41, 5.74) is 1.20. The zero-order valence-corrected chi connectivity index (χ0v) is 9.95. The van der Waals surface area contributed by atoms with E-state index < -0.39 is 0 Å². The van der Waals surface area contributed by atoms with E-state index in [0.29, 0.717) is 0 Å². The lowest BCUT2D eigenvalue weighted by atomic mass is 10.1. The molecule has 0 aliphatic rings. The standard InChI is InChI=1S/C11H14ClNS/c1-4-10(5-2)13-8(3)9-6-11(12)14-7-9/h1,6-8,10,13H,5H2,2-3H3. The molecule has 0 aliphatic carbocycles. The number of hydrogen-bond donors (Lipinski definition) is 1. The Bertz CT molecular complexity index is 326. The fourth-order valence-corrected chi connectivity index (χ4v) is 2.22. The summed E-state index contributed by atoms with van der Waals surface area (Å²) in [6, 6.07) is 2.39. The second-order valence-electron chi connectivity index (χ2n) is 3.20. The van der Waals surface area contributed by atoms with Gasteiger partial charge in [-0.3, -0.25) is 5.32 Å². The molecule has 76 valence electrons. The molecule has 2 unspecified atom stereocenters. The summed E-state index contributed by atoms with van der Waals surface area (Å²) in [5.74, 6) is 2.72. The number of halogens is 1. The van der Waals surface area contributed by atoms with Gasteiger partial charge in [0.15, 0.2) is 0 Å². The van der Waals surface area contributed by atoms with Crippen LogP contribution in [-0.2, 0) is 0 Å². The topological polar surface area (TPSA) is 12.0 Å². The Morgan fingerprint density at radius 3 is 2.86 bits per heavy atom. The van der Waals surface area contributed by atoms with Gasteiger partial charge in [-0.15, -0.1) is 17.8 Å². The molecule has 0 radical (unpaired) electrons. The zero-order chi connectivity index (χ0) is 10.6. The van der Waals surface area contributed by atoms with Crippen molar-refractivity contribution in [3.05, 3.63) is 21.3 Å². The third-order valence-electron chi connectivity index (χ3n) is 2.15. The zero-order valence-electron chi connectivity index (χ0n) is 8.38. The van der Waals surface area contributed by atoms with Gasteiger partial charge in [-0.2, -0.15) is 0 Å². The van der Waals surface area contributed by atoms with E-state index in [0.717, 1.165) is 10.8 Å². The van der Waals surface area contributed by atoms with E-state index in [1.54, 1.807) is 11.3 Å². The molecule has 1 aromatic rings. The molecule has 14 heavy (non-hydrogen) atoms. The monoisotopic (exact) mass is 227 g/mol. The molecule has 0 saturated heterocycles. The molecule has 3 heteroatoms. The van der Waals surface area contributed by atoms with E-state index in [9.17, 15) is 0 Å². The van der Waals surface area contributed by atoms with Gasteiger partial charge in [0.1, 0.15) is 0 Å². The van der Waals surface area contributed by atoms with Crippen molar-refractivity contribution in [3.63, 3.8) is 0 Å². The van der Waals surface area contributed by atoms with Crippen molar-refractivity contribution in [1.82, 2.24) is 5.32 Å². The van der Waals surface area contributed by atoms with E-state index in [1.165, 1.54) is 5.56 Å². The minimum atomic E-state index is 0.142. The van der Waals surface area contributed by atoms with E-state index in [2.05, 4.69) is 30.5 Å². The second kappa shape index (κ2) is 5.41. The molecule has 0 bridgehead atoms. The highest BCUT2D eigenvalue weighted by molar-refractivity contribution is 7.14. The fourth-order valence-electron chi connectivity index (χ4n) is 1.23. The average Bonchev–Trinajstić information content (AvgIpc) is 2.61. The first kappa shape index (κ1) is 11.6. The Morgan fingerprint density at radius 2 is 2.43 bits per heavy atom. The maximum atomic E-state index is 5.86. The largest absolute Gasteiger partial charge is 0.297 e. The highest BCUT2D eigenvalue weighted by atomic mass is 35.5. The summed E-state index contributed by atoms with van der Waals surface area (Å²) in [4.78, 5) is 0. The van der Waals surface area contributed by atoms with Crippen molar-refractivity contribution in [3.8, 4) is 12.3 Å². The van der Waals surface area contributed by atoms with Crippen LogP contribution in [0.15, 0.2) is 11.4 Å². The molecule has 1 aromatic heterocycles. The Kier molecular flexibility index (Phi) is 4.47. The maximum Gasteiger partial charge on any atom is 0.0931 e. The van der Waals surface area contributed by atoms with Crippen LogP contribution in [0.5, 0.6) is 0 Å². The summed E-state index contributed by atoms with van der Waals surface area (Å²) in [7, 11) is 0. The van der Waals surface area contributed by atoms with E-state index in [1.807, 2.05) is 6.07 Å². The van der Waals surface area contributed by atoms with Crippen LogP contribution in [0.25, 0.3) is 0 Å². The van der Waals surface area contributed by atoms with Crippen molar-refractivity contribution >= 4 is 22.9 Å². The normalized spacial score (nSPS) is 14.7. The smallest absolute Gasteiger partial charge is 0.0931 e. The molecule has 0 aliphatic heterocycles. The van der Waals surface area contributed by atoms with Gasteiger partial charge in [-0.05, 0) is 30.4 Å². The van der Waals surface area contributed by atoms with Gasteiger partial charge in [0.2, 0.25) is 0 Å². The van der Waals surface area contributed by atoms with Gasteiger partial charge in [0, 0.05) is 6.04 Å². The van der Waals surface area contributed by atoms with E-state index >= 15 is 0 Å². The molecular weight excluding hydrogens is 214 g/mol. The molecule has 1 heterocycles. The molecule has 1 rings (SSSR count). The van der Waals surface area contributed by atoms with Gasteiger partial charge in [-0.25, -0.2) is 0 Å². The van der Waals surface area contributed by atoms with Crippen molar-refractivity contribution in [1.29, 1.82) is 0 Å². The minimum absolute atomic E-state index is 0.142. The highest BCUT2D eigenvalue weighted by Gasteiger charge is 2.10. The first-order valence-corrected chi connectivity index (χ1v) is 5.89. The van der Waals surface area contributed by atoms with Crippen molar-refractivity contribution in [2.24, 2.45) is 0 Å². The van der Waals surface area contributed by atoms with Gasteiger partial charge >= 0.3 is 0 Å². The van der Waals surface area contributed by atoms with Gasteiger partial charge in [0.05, 0.1) is 10.4 Å². The molecule has 0 spiro atoms. The third-order valence-corrected chi connectivity index (χ3v) is 3.26. The number of rotatable bonds is 4. The van der Waals surface area contributed by atoms with Crippen molar-refractivity contribution in [2.75, 3.05) is 0 Å². The number of nitrogens with one attached hydrogen (secondary N) is 1. The predicted octanol–water partition coefficient (Wildman–Crippen LogP) is 3.46. The van der Waals surface area contributed by atoms with Crippen LogP contribution in [-0.4, -0.2) is 6.04 Å². The maximum absolute atomic E-state index is 5.86. The molecule has 0 aromatic carbocycles. The molecule has 2 atom stereocenters. The van der Waals surface area contributed by atoms with Crippen molar-refractivity contribution in [2.45, 2.75) is 32.4 Å². The lowest BCUT2D eigenvalue weighted by Gasteiger charge is -2.16. The summed E-state index contributed by atoms with van der Waals surface area (Å²) < 4.78 is 0.822. The Morgan fingerprint density at radius 1 is 1.71 bits per heavy atom. The van der Waals surface area contributed by atoms with Crippen LogP contribution >= 0.6 is 22.9 Å². The van der Waals surface area contributed by atoms with Crippen LogP contribution in [0.4, 0.5) is 0 Å². The van der Waals surface area contributed by atoms with E-state index in [-0.39, 0.29) is 12.1 Å². The molecule has 1 N–H and O–H groups in total. The first-order valence-electron chi connectivity index (χ1n) is 4.63. The van der Waals surface area contributed by atoms with E-state index in [4.69, 9.17) is 18.0 Å². The fraction of sp³-hybridized carbons (Fsp3) is 0.455. The predicted molar refractivity (Wildman–Crippen MR) is 63.8 cm³/mol. The lowest BCUT2D eigenvalue weighted by molar-refractivity contribution is 0.513. The van der Waals surface area contributed by atoms with Crippen LogP contribution in [0.3, 0.4) is 0 Å². The number of hydrogen-bond acceptors (Lipinski definition) is 2. The molecular formula is C11H14ClNS. The first-order chi connectivity index (χ1) is 6.67. The number of terminal acetylenes is 1. The molecule has 0 saturated carbocycles. The van der Waals surface area contributed by atoms with Crippen LogP contribution in [0.1, 0.15) is 31.9 Å². The Balaban J connectivity index is 2.58. The molecule has 1 nitrogen and oxygen atoms in total. The summed E-state index contributed by atoms with van der Waals surface area (Å²) >= 11 is 7.41. The molecule has 0 fully saturated rings. The Labute approximate surface area is 94.5 Å². The van der Waals surface area contributed by atoms with Gasteiger partial charge in [0.25, 0.3) is 0 Å². The van der Waals surface area contributed by atoms with Crippen LogP contribution < -0.4 is 5.32 Å². The molecule has 0 amide bonds. The van der Waals surface area contributed by atoms with Crippen LogP contribution in [0, 0.1) is 12.3 Å². The lowest BCUT2D eigenvalue weighted by Crippen LogP contribution is -2.29. The average molecular weight is 228 g/mol. The highest BCUT2D eigenvalue weighted by Crippen LogP contribution is 2.24. The third kappa shape index (κ3) is 3.02. The summed E-state index contributed by atoms with van der Waals surface area (Å²) in [6.45, 7) is 4.17. The summed E-state index contributed by atoms with van der Waals surface area (Å²) in [6.07, 6.45) is 6.32. The number of thiophene rings is 1. The van der Waals surface area contributed by atoms with Crippen molar-refractivity contribution < 1.29 is 0 Å². The summed E-state index contributed by atoms with van der Waals surface area (Å²) in [5, 5.41) is 5.42.